The van der Waals surface area contributed by atoms with Gasteiger partial charge >= 0.3 is 0 Å². The van der Waals surface area contributed by atoms with Gasteiger partial charge in [0.1, 0.15) is 5.82 Å². The SMILES string of the molecule is O[C@H](COCc1cccs1)CN1CCC[C@@H](c2ncc[nH]2)C1. The van der Waals surface area contributed by atoms with E-state index in [1.165, 1.54) is 4.88 Å². The molecule has 0 aromatic carbocycles. The van der Waals surface area contributed by atoms with Crippen molar-refractivity contribution in [3.8, 4) is 0 Å². The van der Waals surface area contributed by atoms with Crippen LogP contribution < -0.4 is 0 Å². The van der Waals surface area contributed by atoms with Crippen molar-refractivity contribution in [2.45, 2.75) is 31.5 Å². The Morgan fingerprint density at radius 1 is 1.55 bits per heavy atom. The van der Waals surface area contributed by atoms with Crippen molar-refractivity contribution in [2.24, 2.45) is 0 Å². The Labute approximate surface area is 135 Å². The van der Waals surface area contributed by atoms with E-state index in [2.05, 4.69) is 20.9 Å². The Morgan fingerprint density at radius 2 is 2.50 bits per heavy atom. The first-order chi connectivity index (χ1) is 10.8. The minimum absolute atomic E-state index is 0.389. The molecule has 0 radical (unpaired) electrons. The average Bonchev–Trinajstić information content (AvgIpc) is 3.21. The van der Waals surface area contributed by atoms with E-state index < -0.39 is 6.10 Å². The van der Waals surface area contributed by atoms with Crippen molar-refractivity contribution < 1.29 is 9.84 Å². The molecule has 22 heavy (non-hydrogen) atoms. The summed E-state index contributed by atoms with van der Waals surface area (Å²) in [6.07, 6.45) is 5.56. The summed E-state index contributed by atoms with van der Waals surface area (Å²) in [6, 6.07) is 4.07. The minimum Gasteiger partial charge on any atom is -0.389 e. The van der Waals surface area contributed by atoms with E-state index in [-0.39, 0.29) is 0 Å². The van der Waals surface area contributed by atoms with Gasteiger partial charge in [-0.2, -0.15) is 0 Å². The van der Waals surface area contributed by atoms with Crippen molar-refractivity contribution in [2.75, 3.05) is 26.2 Å². The van der Waals surface area contributed by atoms with Gasteiger partial charge in [0.15, 0.2) is 0 Å². The van der Waals surface area contributed by atoms with Gasteiger partial charge in [-0.1, -0.05) is 6.07 Å². The van der Waals surface area contributed by atoms with Crippen LogP contribution in [-0.2, 0) is 11.3 Å². The number of H-pyrrole nitrogens is 1. The number of thiophene rings is 1. The fourth-order valence-corrected chi connectivity index (χ4v) is 3.63. The van der Waals surface area contributed by atoms with Crippen LogP contribution in [0.15, 0.2) is 29.9 Å². The standard InChI is InChI=1S/C16H23N3O2S/c20-14(11-21-12-15-4-2-8-22-15)10-19-7-1-3-13(9-19)16-17-5-6-18-16/h2,4-6,8,13-14,20H,1,3,7,9-12H2,(H,17,18)/t13-,14+/m1/s1. The third-order valence-electron chi connectivity index (χ3n) is 4.02. The second-order valence-corrected chi connectivity index (χ2v) is 6.85. The zero-order chi connectivity index (χ0) is 15.2. The van der Waals surface area contributed by atoms with Crippen LogP contribution in [-0.4, -0.2) is 52.3 Å². The zero-order valence-corrected chi connectivity index (χ0v) is 13.5. The van der Waals surface area contributed by atoms with Crippen molar-refractivity contribution in [1.82, 2.24) is 14.9 Å². The first-order valence-corrected chi connectivity index (χ1v) is 8.69. The predicted molar refractivity (Wildman–Crippen MR) is 87.0 cm³/mol. The number of aliphatic hydroxyl groups excluding tert-OH is 1. The number of imidazole rings is 1. The van der Waals surface area contributed by atoms with Crippen molar-refractivity contribution in [3.63, 3.8) is 0 Å². The molecule has 1 aliphatic rings. The van der Waals surface area contributed by atoms with E-state index in [4.69, 9.17) is 4.74 Å². The Bertz CT molecular complexity index is 530. The number of nitrogens with zero attached hydrogens (tertiary/aromatic N) is 2. The normalized spacial score (nSPS) is 21.0. The quantitative estimate of drug-likeness (QED) is 0.821. The van der Waals surface area contributed by atoms with Gasteiger partial charge in [-0.25, -0.2) is 4.98 Å². The maximum atomic E-state index is 10.2. The van der Waals surface area contributed by atoms with Crippen LogP contribution in [0.1, 0.15) is 29.5 Å². The number of ether oxygens (including phenoxy) is 1. The van der Waals surface area contributed by atoms with Crippen molar-refractivity contribution >= 4 is 11.3 Å². The number of rotatable bonds is 7. The molecule has 6 heteroatoms. The summed E-state index contributed by atoms with van der Waals surface area (Å²) in [5.41, 5.74) is 0. The summed E-state index contributed by atoms with van der Waals surface area (Å²) in [7, 11) is 0. The summed E-state index contributed by atoms with van der Waals surface area (Å²) in [5, 5.41) is 12.2. The van der Waals surface area contributed by atoms with Crippen LogP contribution in [0.5, 0.6) is 0 Å². The van der Waals surface area contributed by atoms with E-state index >= 15 is 0 Å². The Morgan fingerprint density at radius 3 is 3.27 bits per heavy atom. The van der Waals surface area contributed by atoms with E-state index in [1.54, 1.807) is 11.3 Å². The van der Waals surface area contributed by atoms with Crippen LogP contribution in [0.3, 0.4) is 0 Å². The molecule has 0 saturated carbocycles. The third-order valence-corrected chi connectivity index (χ3v) is 4.87. The number of nitrogens with one attached hydrogen (secondary N) is 1. The van der Waals surface area contributed by atoms with Gasteiger partial charge in [0.05, 0.1) is 19.3 Å². The molecule has 5 nitrogen and oxygen atoms in total. The molecule has 2 atom stereocenters. The molecule has 0 aliphatic carbocycles. The summed E-state index contributed by atoms with van der Waals surface area (Å²) in [4.78, 5) is 11.1. The van der Waals surface area contributed by atoms with Gasteiger partial charge in [-0.05, 0) is 30.8 Å². The van der Waals surface area contributed by atoms with Crippen molar-refractivity contribution in [3.05, 3.63) is 40.6 Å². The molecule has 1 aliphatic heterocycles. The molecule has 1 fully saturated rings. The third kappa shape index (κ3) is 4.39. The molecule has 3 heterocycles. The molecule has 2 N–H and O–H groups in total. The number of aromatic nitrogens is 2. The number of β-amino-alcohol motifs (C(OH)–C–C–N with tert-alkyl or cyclic N) is 1. The lowest BCUT2D eigenvalue weighted by molar-refractivity contribution is 0.00625. The Hall–Kier alpha value is -1.21. The molecular weight excluding hydrogens is 298 g/mol. The molecule has 0 unspecified atom stereocenters. The highest BCUT2D eigenvalue weighted by Gasteiger charge is 2.24. The van der Waals surface area contributed by atoms with E-state index in [0.29, 0.717) is 25.7 Å². The summed E-state index contributed by atoms with van der Waals surface area (Å²) < 4.78 is 5.60. The molecule has 2 aromatic rings. The van der Waals surface area contributed by atoms with Gasteiger partial charge in [0.25, 0.3) is 0 Å². The lowest BCUT2D eigenvalue weighted by atomic mass is 9.97. The minimum atomic E-state index is -0.435. The van der Waals surface area contributed by atoms with E-state index in [0.717, 1.165) is 31.8 Å². The summed E-state index contributed by atoms with van der Waals surface area (Å²) in [6.45, 7) is 3.64. The monoisotopic (exact) mass is 321 g/mol. The summed E-state index contributed by atoms with van der Waals surface area (Å²) in [5.74, 6) is 1.51. The highest BCUT2D eigenvalue weighted by atomic mass is 32.1. The second kappa shape index (κ2) is 7.87. The highest BCUT2D eigenvalue weighted by Crippen LogP contribution is 2.24. The van der Waals surface area contributed by atoms with Crippen LogP contribution in [0.25, 0.3) is 0 Å². The van der Waals surface area contributed by atoms with E-state index in [1.807, 2.05) is 23.8 Å². The first-order valence-electron chi connectivity index (χ1n) is 7.81. The number of aromatic amines is 1. The van der Waals surface area contributed by atoms with Gasteiger partial charge < -0.3 is 14.8 Å². The Kier molecular flexibility index (Phi) is 5.61. The molecule has 0 spiro atoms. The van der Waals surface area contributed by atoms with Crippen LogP contribution in [0.2, 0.25) is 0 Å². The average molecular weight is 321 g/mol. The van der Waals surface area contributed by atoms with Gasteiger partial charge in [0, 0.05) is 36.3 Å². The number of aliphatic hydroxyl groups is 1. The van der Waals surface area contributed by atoms with Gasteiger partial charge in [-0.15, -0.1) is 11.3 Å². The lowest BCUT2D eigenvalue weighted by Crippen LogP contribution is -2.41. The first kappa shape index (κ1) is 15.7. The number of hydrogen-bond acceptors (Lipinski definition) is 5. The molecule has 3 rings (SSSR count). The van der Waals surface area contributed by atoms with Crippen molar-refractivity contribution in [1.29, 1.82) is 0 Å². The predicted octanol–water partition coefficient (Wildman–Crippen LogP) is 2.23. The molecular formula is C16H23N3O2S. The maximum absolute atomic E-state index is 10.2. The number of piperidine rings is 1. The van der Waals surface area contributed by atoms with Gasteiger partial charge in [-0.3, -0.25) is 4.90 Å². The van der Waals surface area contributed by atoms with Crippen LogP contribution in [0.4, 0.5) is 0 Å². The highest BCUT2D eigenvalue weighted by molar-refractivity contribution is 7.09. The number of likely N-dealkylation sites (tertiary alicyclic amines) is 1. The fourth-order valence-electron chi connectivity index (χ4n) is 2.99. The number of hydrogen-bond donors (Lipinski definition) is 2. The molecule has 0 amide bonds. The van der Waals surface area contributed by atoms with E-state index in [9.17, 15) is 5.11 Å². The van der Waals surface area contributed by atoms with Gasteiger partial charge in [0.2, 0.25) is 0 Å². The maximum Gasteiger partial charge on any atom is 0.110 e. The fraction of sp³-hybridized carbons (Fsp3) is 0.562. The molecule has 1 saturated heterocycles. The zero-order valence-electron chi connectivity index (χ0n) is 12.6. The molecule has 2 aromatic heterocycles. The summed E-state index contributed by atoms with van der Waals surface area (Å²) >= 11 is 1.68. The molecule has 0 bridgehead atoms. The van der Waals surface area contributed by atoms with Crippen LogP contribution in [0, 0.1) is 0 Å². The molecule has 120 valence electrons. The Balaban J connectivity index is 1.40. The largest absolute Gasteiger partial charge is 0.389 e. The topological polar surface area (TPSA) is 61.4 Å². The smallest absolute Gasteiger partial charge is 0.110 e. The lowest BCUT2D eigenvalue weighted by Gasteiger charge is -2.33. The van der Waals surface area contributed by atoms with Crippen LogP contribution >= 0.6 is 11.3 Å². The second-order valence-electron chi connectivity index (χ2n) is 5.82.